The number of hydrogen-bond acceptors (Lipinski definition) is 2. The van der Waals surface area contributed by atoms with E-state index in [1.165, 1.54) is 12.1 Å². The second-order valence-corrected chi connectivity index (χ2v) is 4.43. The van der Waals surface area contributed by atoms with Gasteiger partial charge >= 0.3 is 0 Å². The minimum Gasteiger partial charge on any atom is -0.389 e. The number of halogens is 4. The van der Waals surface area contributed by atoms with Crippen LogP contribution < -0.4 is 0 Å². The molecular weight excluding hydrogens is 310 g/mol. The zero-order valence-electron chi connectivity index (χ0n) is 7.42. The molecule has 0 heterocycles. The highest BCUT2D eigenvalue weighted by Gasteiger charge is 2.19. The van der Waals surface area contributed by atoms with E-state index in [2.05, 4.69) is 15.9 Å². The molecule has 0 radical (unpaired) electrons. The highest BCUT2D eigenvalue weighted by atomic mass is 79.9. The van der Waals surface area contributed by atoms with Crippen molar-refractivity contribution in [2.45, 2.75) is 12.2 Å². The van der Waals surface area contributed by atoms with E-state index < -0.39 is 18.0 Å². The highest BCUT2D eigenvalue weighted by Crippen LogP contribution is 2.29. The molecule has 1 aromatic rings. The highest BCUT2D eigenvalue weighted by molar-refractivity contribution is 9.09. The molecule has 0 amide bonds. The van der Waals surface area contributed by atoms with Crippen LogP contribution in [0.2, 0.25) is 10.0 Å². The fourth-order valence-electron chi connectivity index (χ4n) is 1.05. The Kier molecular flexibility index (Phi) is 4.80. The van der Waals surface area contributed by atoms with E-state index >= 15 is 0 Å². The van der Waals surface area contributed by atoms with Crippen LogP contribution in [0.15, 0.2) is 12.1 Å². The normalized spacial score (nSPS) is 15.1. The van der Waals surface area contributed by atoms with E-state index in [0.717, 1.165) is 0 Å². The lowest BCUT2D eigenvalue weighted by Crippen LogP contribution is -2.19. The first-order chi connectivity index (χ1) is 6.97. The molecule has 0 saturated heterocycles. The van der Waals surface area contributed by atoms with Crippen molar-refractivity contribution in [2.24, 2.45) is 0 Å². The van der Waals surface area contributed by atoms with E-state index in [1.807, 2.05) is 0 Å². The molecule has 0 aliphatic heterocycles. The standard InChI is InChI=1S/C9H8BrCl2FO2/c10-3-7(14)9(15)4-1-5(11)8(13)6(12)2-4/h1-2,7,9,14-15H,3H2. The number of aliphatic hydroxyl groups is 2. The Labute approximate surface area is 105 Å². The number of hydrogen-bond donors (Lipinski definition) is 2. The van der Waals surface area contributed by atoms with Gasteiger partial charge in [0.2, 0.25) is 0 Å². The Morgan fingerprint density at radius 1 is 1.27 bits per heavy atom. The van der Waals surface area contributed by atoms with Crippen LogP contribution >= 0.6 is 39.1 Å². The van der Waals surface area contributed by atoms with Gasteiger partial charge in [0.05, 0.1) is 16.1 Å². The zero-order valence-corrected chi connectivity index (χ0v) is 10.5. The summed E-state index contributed by atoms with van der Waals surface area (Å²) in [5, 5.41) is 18.8. The van der Waals surface area contributed by atoms with Crippen LogP contribution in [0.4, 0.5) is 4.39 Å². The fourth-order valence-corrected chi connectivity index (χ4v) is 1.91. The van der Waals surface area contributed by atoms with E-state index in [4.69, 9.17) is 23.2 Å². The van der Waals surface area contributed by atoms with Crippen LogP contribution in [0.5, 0.6) is 0 Å². The van der Waals surface area contributed by atoms with Gasteiger partial charge in [-0.2, -0.15) is 0 Å². The molecule has 0 spiro atoms. The van der Waals surface area contributed by atoms with Gasteiger partial charge in [0.1, 0.15) is 6.10 Å². The predicted octanol–water partition coefficient (Wildman–Crippen LogP) is 2.92. The molecule has 2 N–H and O–H groups in total. The topological polar surface area (TPSA) is 40.5 Å². The molecule has 0 saturated carbocycles. The molecule has 6 heteroatoms. The van der Waals surface area contributed by atoms with Crippen molar-refractivity contribution < 1.29 is 14.6 Å². The van der Waals surface area contributed by atoms with Gasteiger partial charge in [0.25, 0.3) is 0 Å². The van der Waals surface area contributed by atoms with Gasteiger partial charge < -0.3 is 10.2 Å². The first-order valence-electron chi connectivity index (χ1n) is 4.04. The SMILES string of the molecule is OC(CBr)C(O)c1cc(Cl)c(F)c(Cl)c1. The molecule has 15 heavy (non-hydrogen) atoms. The van der Waals surface area contributed by atoms with E-state index in [9.17, 15) is 14.6 Å². The van der Waals surface area contributed by atoms with E-state index in [1.54, 1.807) is 0 Å². The summed E-state index contributed by atoms with van der Waals surface area (Å²) in [6.07, 6.45) is -2.15. The van der Waals surface area contributed by atoms with Gasteiger partial charge in [0.15, 0.2) is 5.82 Å². The summed E-state index contributed by atoms with van der Waals surface area (Å²) in [4.78, 5) is 0. The Balaban J connectivity index is 3.06. The molecule has 0 aromatic heterocycles. The average molecular weight is 318 g/mol. The molecule has 0 aliphatic rings. The summed E-state index contributed by atoms with van der Waals surface area (Å²) in [7, 11) is 0. The molecule has 2 nitrogen and oxygen atoms in total. The Bertz CT molecular complexity index is 339. The molecule has 0 aliphatic carbocycles. The lowest BCUT2D eigenvalue weighted by molar-refractivity contribution is 0.0342. The van der Waals surface area contributed by atoms with Crippen LogP contribution in [0, 0.1) is 5.82 Å². The van der Waals surface area contributed by atoms with Gasteiger partial charge in [-0.1, -0.05) is 39.1 Å². The largest absolute Gasteiger partial charge is 0.389 e. The molecule has 0 bridgehead atoms. The minimum atomic E-state index is -1.15. The third kappa shape index (κ3) is 3.04. The number of aliphatic hydroxyl groups excluding tert-OH is 2. The van der Waals surface area contributed by atoms with Crippen molar-refractivity contribution in [1.82, 2.24) is 0 Å². The number of rotatable bonds is 3. The lowest BCUT2D eigenvalue weighted by atomic mass is 10.1. The summed E-state index contributed by atoms with van der Waals surface area (Å²) in [6.45, 7) is 0. The second-order valence-electron chi connectivity index (χ2n) is 2.97. The fraction of sp³-hybridized carbons (Fsp3) is 0.333. The maximum atomic E-state index is 13.0. The van der Waals surface area contributed by atoms with Gasteiger partial charge in [-0.05, 0) is 17.7 Å². The first-order valence-corrected chi connectivity index (χ1v) is 5.91. The number of benzene rings is 1. The summed E-state index contributed by atoms with van der Waals surface area (Å²) < 4.78 is 13.0. The maximum Gasteiger partial charge on any atom is 0.160 e. The van der Waals surface area contributed by atoms with Gasteiger partial charge in [-0.25, -0.2) is 4.39 Å². The Morgan fingerprint density at radius 3 is 2.13 bits per heavy atom. The minimum absolute atomic E-state index is 0.182. The smallest absolute Gasteiger partial charge is 0.160 e. The van der Waals surface area contributed by atoms with Crippen molar-refractivity contribution in [3.05, 3.63) is 33.6 Å². The van der Waals surface area contributed by atoms with Crippen LogP contribution in [0.25, 0.3) is 0 Å². The lowest BCUT2D eigenvalue weighted by Gasteiger charge is -2.16. The molecule has 2 atom stereocenters. The van der Waals surface area contributed by atoms with E-state index in [-0.39, 0.29) is 20.9 Å². The monoisotopic (exact) mass is 316 g/mol. The van der Waals surface area contributed by atoms with Crippen LogP contribution in [0.3, 0.4) is 0 Å². The Hall–Kier alpha value is 0.130. The maximum absolute atomic E-state index is 13.0. The van der Waals surface area contributed by atoms with Crippen LogP contribution in [0.1, 0.15) is 11.7 Å². The van der Waals surface area contributed by atoms with Gasteiger partial charge in [-0.15, -0.1) is 0 Å². The third-order valence-corrected chi connectivity index (χ3v) is 3.08. The van der Waals surface area contributed by atoms with E-state index in [0.29, 0.717) is 0 Å². The molecule has 1 rings (SSSR count). The third-order valence-electron chi connectivity index (χ3n) is 1.87. The van der Waals surface area contributed by atoms with Crippen molar-refractivity contribution in [2.75, 3.05) is 5.33 Å². The van der Waals surface area contributed by atoms with Gasteiger partial charge in [-0.3, -0.25) is 0 Å². The summed E-state index contributed by atoms with van der Waals surface area (Å²) in [5.41, 5.74) is 0.276. The van der Waals surface area contributed by atoms with Crippen molar-refractivity contribution in [3.63, 3.8) is 0 Å². The summed E-state index contributed by atoms with van der Waals surface area (Å²) in [5.74, 6) is -0.734. The molecule has 1 aromatic carbocycles. The van der Waals surface area contributed by atoms with Gasteiger partial charge in [0, 0.05) is 5.33 Å². The first kappa shape index (κ1) is 13.2. The Morgan fingerprint density at radius 2 is 1.73 bits per heavy atom. The quantitative estimate of drug-likeness (QED) is 0.665. The van der Waals surface area contributed by atoms with Crippen molar-refractivity contribution in [3.8, 4) is 0 Å². The summed E-state index contributed by atoms with van der Waals surface area (Å²) in [6, 6.07) is 2.47. The molecule has 2 unspecified atom stereocenters. The predicted molar refractivity (Wildman–Crippen MR) is 61.2 cm³/mol. The van der Waals surface area contributed by atoms with Crippen LogP contribution in [-0.4, -0.2) is 21.6 Å². The number of alkyl halides is 1. The average Bonchev–Trinajstić information content (AvgIpc) is 2.23. The summed E-state index contributed by atoms with van der Waals surface area (Å²) >= 11 is 14.1. The molecule has 84 valence electrons. The van der Waals surface area contributed by atoms with Crippen molar-refractivity contribution >= 4 is 39.1 Å². The molecule has 0 fully saturated rings. The van der Waals surface area contributed by atoms with Crippen molar-refractivity contribution in [1.29, 1.82) is 0 Å². The zero-order chi connectivity index (χ0) is 11.6. The second kappa shape index (κ2) is 5.46. The van der Waals surface area contributed by atoms with Crippen LogP contribution in [-0.2, 0) is 0 Å². The molecular formula is C9H8BrCl2FO2.